The van der Waals surface area contributed by atoms with E-state index in [1.807, 2.05) is 0 Å². The Bertz CT molecular complexity index is 821. The van der Waals surface area contributed by atoms with Gasteiger partial charge in [0.1, 0.15) is 6.10 Å². The third kappa shape index (κ3) is 5.62. The Morgan fingerprint density at radius 1 is 1.06 bits per heavy atom. The van der Waals surface area contributed by atoms with Crippen LogP contribution >= 0.6 is 0 Å². The summed E-state index contributed by atoms with van der Waals surface area (Å²) in [7, 11) is 0. The number of alkyl halides is 3. The molecular formula is C30H47F3O3. The second-order valence-electron chi connectivity index (χ2n) is 13.4. The zero-order valence-electron chi connectivity index (χ0n) is 23.0. The lowest BCUT2D eigenvalue weighted by Crippen LogP contribution is -2.51. The minimum absolute atomic E-state index is 0.112. The predicted molar refractivity (Wildman–Crippen MR) is 135 cm³/mol. The third-order valence-electron chi connectivity index (χ3n) is 10.9. The van der Waals surface area contributed by atoms with Crippen molar-refractivity contribution in [3.8, 4) is 0 Å². The van der Waals surface area contributed by atoms with Crippen LogP contribution in [0.25, 0.3) is 0 Å². The Hall–Kier alpha value is -1.20. The summed E-state index contributed by atoms with van der Waals surface area (Å²) < 4.78 is 46.6. The molecule has 4 rings (SSSR count). The topological polar surface area (TPSA) is 35.5 Å². The number of carbonyl (C=O) groups is 1. The monoisotopic (exact) mass is 512 g/mol. The van der Waals surface area contributed by atoms with Crippen LogP contribution < -0.4 is 0 Å². The van der Waals surface area contributed by atoms with Crippen LogP contribution in [0.5, 0.6) is 0 Å². The maximum Gasteiger partial charge on any atom is 0.508 e. The van der Waals surface area contributed by atoms with Crippen molar-refractivity contribution in [1.29, 1.82) is 0 Å². The number of halogens is 3. The minimum atomic E-state index is -4.54. The number of hydrogen-bond donors (Lipinski definition) is 0. The van der Waals surface area contributed by atoms with Crippen LogP contribution in [-0.2, 0) is 9.47 Å². The van der Waals surface area contributed by atoms with Crippen LogP contribution in [0.15, 0.2) is 11.6 Å². The normalized spacial score (nSPS) is 39.0. The van der Waals surface area contributed by atoms with Crippen LogP contribution in [-0.4, -0.2) is 25.0 Å². The van der Waals surface area contributed by atoms with Crippen LogP contribution in [0, 0.1) is 46.3 Å². The lowest BCUT2D eigenvalue weighted by molar-refractivity contribution is -0.167. The highest BCUT2D eigenvalue weighted by Gasteiger charge is 2.59. The fourth-order valence-electron chi connectivity index (χ4n) is 9.06. The summed E-state index contributed by atoms with van der Waals surface area (Å²) in [5, 5.41) is 0. The first-order valence-electron chi connectivity index (χ1n) is 14.4. The largest absolute Gasteiger partial charge is 0.508 e. The molecule has 4 aliphatic carbocycles. The first-order chi connectivity index (χ1) is 16.8. The molecule has 0 saturated heterocycles. The van der Waals surface area contributed by atoms with E-state index in [-0.39, 0.29) is 5.41 Å². The predicted octanol–water partition coefficient (Wildman–Crippen LogP) is 9.11. The fourth-order valence-corrected chi connectivity index (χ4v) is 9.06. The van der Waals surface area contributed by atoms with Gasteiger partial charge in [0.2, 0.25) is 0 Å². The van der Waals surface area contributed by atoms with Gasteiger partial charge in [-0.25, -0.2) is 4.79 Å². The lowest BCUT2D eigenvalue weighted by Gasteiger charge is -2.58. The smallest absolute Gasteiger partial charge is 0.431 e. The molecule has 0 aromatic carbocycles. The van der Waals surface area contributed by atoms with Crippen molar-refractivity contribution in [2.45, 2.75) is 118 Å². The number of carbonyl (C=O) groups excluding carboxylic acids is 1. The summed E-state index contributed by atoms with van der Waals surface area (Å²) in [6.07, 6.45) is 8.94. The summed E-state index contributed by atoms with van der Waals surface area (Å²) in [4.78, 5) is 11.8. The summed E-state index contributed by atoms with van der Waals surface area (Å²) >= 11 is 0. The standard InChI is InChI=1S/C30H47F3O3/c1-19(2)7-6-8-20(3)24-11-12-25-23-10-9-21-17-22(36-27(34)35-18-30(31,32)33)13-15-28(21,4)26(23)14-16-29(24,25)5/h9,19-20,22-26H,6-8,10-18H2,1-5H3. The summed E-state index contributed by atoms with van der Waals surface area (Å²) in [5.74, 6) is 4.58. The van der Waals surface area contributed by atoms with Gasteiger partial charge in [-0.3, -0.25) is 0 Å². The van der Waals surface area contributed by atoms with Gasteiger partial charge in [0.15, 0.2) is 6.61 Å². The van der Waals surface area contributed by atoms with Gasteiger partial charge in [-0.1, -0.05) is 65.5 Å². The zero-order valence-corrected chi connectivity index (χ0v) is 23.0. The van der Waals surface area contributed by atoms with Gasteiger partial charge in [-0.15, -0.1) is 0 Å². The van der Waals surface area contributed by atoms with Gasteiger partial charge in [0.05, 0.1) is 0 Å². The van der Waals surface area contributed by atoms with Crippen LogP contribution in [0.2, 0.25) is 0 Å². The Balaban J connectivity index is 1.39. The highest BCUT2D eigenvalue weighted by atomic mass is 19.4. The number of allylic oxidation sites excluding steroid dienone is 1. The molecule has 8 atom stereocenters. The third-order valence-corrected chi connectivity index (χ3v) is 10.9. The molecule has 3 saturated carbocycles. The van der Waals surface area contributed by atoms with Crippen molar-refractivity contribution in [3.63, 3.8) is 0 Å². The van der Waals surface area contributed by atoms with E-state index in [9.17, 15) is 18.0 Å². The summed E-state index contributed by atoms with van der Waals surface area (Å²) in [6.45, 7) is 10.6. The van der Waals surface area contributed by atoms with Gasteiger partial charge in [0.25, 0.3) is 0 Å². The average molecular weight is 513 g/mol. The molecule has 0 N–H and O–H groups in total. The molecule has 0 amide bonds. The highest BCUT2D eigenvalue weighted by molar-refractivity contribution is 5.60. The van der Waals surface area contributed by atoms with E-state index in [2.05, 4.69) is 45.4 Å². The van der Waals surface area contributed by atoms with Gasteiger partial charge < -0.3 is 9.47 Å². The van der Waals surface area contributed by atoms with Gasteiger partial charge in [0, 0.05) is 6.42 Å². The van der Waals surface area contributed by atoms with Gasteiger partial charge >= 0.3 is 12.3 Å². The van der Waals surface area contributed by atoms with Crippen molar-refractivity contribution in [1.82, 2.24) is 0 Å². The highest BCUT2D eigenvalue weighted by Crippen LogP contribution is 2.67. The molecule has 3 nitrogen and oxygen atoms in total. The Labute approximate surface area is 215 Å². The number of fused-ring (bicyclic) bond motifs is 5. The Kier molecular flexibility index (Phi) is 8.13. The molecule has 0 aromatic rings. The van der Waals surface area contributed by atoms with Crippen LogP contribution in [0.3, 0.4) is 0 Å². The molecule has 0 aliphatic heterocycles. The lowest BCUT2D eigenvalue weighted by atomic mass is 9.47. The average Bonchev–Trinajstić information content (AvgIpc) is 3.14. The van der Waals surface area contributed by atoms with E-state index < -0.39 is 25.0 Å². The van der Waals surface area contributed by atoms with E-state index in [1.54, 1.807) is 0 Å². The van der Waals surface area contributed by atoms with Crippen LogP contribution in [0.4, 0.5) is 18.0 Å². The molecular weight excluding hydrogens is 465 g/mol. The molecule has 6 heteroatoms. The first kappa shape index (κ1) is 27.8. The second-order valence-corrected chi connectivity index (χ2v) is 13.4. The molecule has 8 unspecified atom stereocenters. The minimum Gasteiger partial charge on any atom is -0.431 e. The zero-order chi connectivity index (χ0) is 26.3. The van der Waals surface area contributed by atoms with Crippen molar-refractivity contribution < 1.29 is 27.4 Å². The molecule has 0 spiro atoms. The molecule has 0 aromatic heterocycles. The van der Waals surface area contributed by atoms with E-state index in [1.165, 1.54) is 50.5 Å². The summed E-state index contributed by atoms with van der Waals surface area (Å²) in [6, 6.07) is 0. The van der Waals surface area contributed by atoms with Crippen molar-refractivity contribution >= 4 is 6.16 Å². The van der Waals surface area contributed by atoms with Crippen LogP contribution in [0.1, 0.15) is 105 Å². The molecule has 36 heavy (non-hydrogen) atoms. The van der Waals surface area contributed by atoms with E-state index in [0.717, 1.165) is 42.4 Å². The first-order valence-corrected chi connectivity index (χ1v) is 14.4. The molecule has 0 radical (unpaired) electrons. The fraction of sp³-hybridized carbons (Fsp3) is 0.900. The maximum absolute atomic E-state index is 12.4. The van der Waals surface area contributed by atoms with E-state index >= 15 is 0 Å². The van der Waals surface area contributed by atoms with Crippen molar-refractivity contribution in [2.75, 3.05) is 6.61 Å². The van der Waals surface area contributed by atoms with Gasteiger partial charge in [-0.2, -0.15) is 13.2 Å². The van der Waals surface area contributed by atoms with Gasteiger partial charge in [-0.05, 0) is 91.3 Å². The Morgan fingerprint density at radius 2 is 1.81 bits per heavy atom. The van der Waals surface area contributed by atoms with E-state index in [0.29, 0.717) is 24.2 Å². The number of hydrogen-bond acceptors (Lipinski definition) is 3. The SMILES string of the molecule is CC(C)CCCC(C)C1CCC2C3CC=C4CC(OC(=O)OCC(F)(F)F)CCC4(C)C3CCC12C. The molecule has 0 bridgehead atoms. The second kappa shape index (κ2) is 10.5. The summed E-state index contributed by atoms with van der Waals surface area (Å²) in [5.41, 5.74) is 1.91. The maximum atomic E-state index is 12.4. The van der Waals surface area contributed by atoms with Crippen molar-refractivity contribution in [2.24, 2.45) is 46.3 Å². The molecule has 206 valence electrons. The molecule has 3 fully saturated rings. The Morgan fingerprint density at radius 3 is 2.50 bits per heavy atom. The number of rotatable bonds is 7. The quantitative estimate of drug-likeness (QED) is 0.252. The van der Waals surface area contributed by atoms with E-state index in [4.69, 9.17) is 4.74 Å². The molecule has 4 aliphatic rings. The number of ether oxygens (including phenoxy) is 2. The van der Waals surface area contributed by atoms with Crippen molar-refractivity contribution in [3.05, 3.63) is 11.6 Å². The molecule has 0 heterocycles.